The van der Waals surface area contributed by atoms with Crippen molar-refractivity contribution in [1.29, 1.82) is 0 Å². The first-order chi connectivity index (χ1) is 13.7. The average Bonchev–Trinajstić information content (AvgIpc) is 3.07. The quantitative estimate of drug-likeness (QED) is 0.524. The third-order valence-electron chi connectivity index (χ3n) is 4.53. The number of benzene rings is 2. The van der Waals surface area contributed by atoms with Crippen molar-refractivity contribution in [3.8, 4) is 11.5 Å². The maximum absolute atomic E-state index is 12.7. The van der Waals surface area contributed by atoms with E-state index in [0.29, 0.717) is 30.1 Å². The largest absolute Gasteiger partial charge is 0.486 e. The minimum absolute atomic E-state index is 0.227. The molecule has 3 heterocycles. The van der Waals surface area contributed by atoms with Gasteiger partial charge in [-0.1, -0.05) is 23.5 Å². The lowest BCUT2D eigenvalue weighted by molar-refractivity contribution is 0.0993. The molecular weight excluding hydrogens is 376 g/mol. The van der Waals surface area contributed by atoms with Crippen molar-refractivity contribution in [1.82, 2.24) is 14.5 Å². The van der Waals surface area contributed by atoms with E-state index >= 15 is 0 Å². The van der Waals surface area contributed by atoms with E-state index in [1.165, 1.54) is 17.5 Å². The molecule has 0 saturated heterocycles. The number of nitrogens with zero attached hydrogens (tertiary/aromatic N) is 4. The second-order valence-electron chi connectivity index (χ2n) is 6.25. The number of rotatable bonds is 2. The topological polar surface area (TPSA) is 78.6 Å². The Morgan fingerprint density at radius 3 is 2.71 bits per heavy atom. The molecule has 8 heteroatoms. The standard InChI is InChI=1S/C20H16N4O3S/c1-2-24-15-9-16-17(27-8-7-26-16)10-18(15)28-20(24)23-19(25)14-11-21-12-5-3-4-6-13(12)22-14/h3-6,9-11H,2,7-8H2,1H3. The number of ether oxygens (including phenoxy) is 2. The van der Waals surface area contributed by atoms with Crippen LogP contribution in [0.4, 0.5) is 0 Å². The highest BCUT2D eigenvalue weighted by Crippen LogP contribution is 2.35. The highest BCUT2D eigenvalue weighted by Gasteiger charge is 2.17. The zero-order valence-corrected chi connectivity index (χ0v) is 15.9. The minimum atomic E-state index is -0.413. The molecule has 28 heavy (non-hydrogen) atoms. The molecule has 7 nitrogen and oxygen atoms in total. The van der Waals surface area contributed by atoms with Gasteiger partial charge in [0.1, 0.15) is 18.9 Å². The van der Waals surface area contributed by atoms with E-state index in [1.807, 2.05) is 47.9 Å². The number of para-hydroxylation sites is 2. The Morgan fingerprint density at radius 1 is 1.18 bits per heavy atom. The minimum Gasteiger partial charge on any atom is -0.486 e. The molecule has 0 fully saturated rings. The molecule has 1 aliphatic heterocycles. The monoisotopic (exact) mass is 392 g/mol. The van der Waals surface area contributed by atoms with Gasteiger partial charge in [-0.15, -0.1) is 0 Å². The Morgan fingerprint density at radius 2 is 1.93 bits per heavy atom. The fourth-order valence-electron chi connectivity index (χ4n) is 3.20. The maximum Gasteiger partial charge on any atom is 0.299 e. The molecule has 0 unspecified atom stereocenters. The third-order valence-corrected chi connectivity index (χ3v) is 5.57. The smallest absolute Gasteiger partial charge is 0.299 e. The summed E-state index contributed by atoms with van der Waals surface area (Å²) in [5, 5.41) is 0. The van der Waals surface area contributed by atoms with Crippen molar-refractivity contribution in [2.24, 2.45) is 4.99 Å². The lowest BCUT2D eigenvalue weighted by atomic mass is 10.2. The summed E-state index contributed by atoms with van der Waals surface area (Å²) in [6.07, 6.45) is 1.47. The summed E-state index contributed by atoms with van der Waals surface area (Å²) in [7, 11) is 0. The second kappa shape index (κ2) is 6.72. The molecule has 4 aromatic rings. The van der Waals surface area contributed by atoms with Crippen molar-refractivity contribution in [3.63, 3.8) is 0 Å². The fourth-order valence-corrected chi connectivity index (χ4v) is 4.30. The van der Waals surface area contributed by atoms with Crippen molar-refractivity contribution < 1.29 is 14.3 Å². The van der Waals surface area contributed by atoms with E-state index in [1.54, 1.807) is 0 Å². The first-order valence-corrected chi connectivity index (χ1v) is 9.78. The van der Waals surface area contributed by atoms with Gasteiger partial charge < -0.3 is 14.0 Å². The molecule has 2 aromatic carbocycles. The Balaban J connectivity index is 1.62. The number of hydrogen-bond donors (Lipinski definition) is 0. The number of hydrogen-bond acceptors (Lipinski definition) is 6. The molecule has 0 saturated carbocycles. The van der Waals surface area contributed by atoms with Gasteiger partial charge in [0.25, 0.3) is 5.91 Å². The maximum atomic E-state index is 12.7. The van der Waals surface area contributed by atoms with E-state index < -0.39 is 5.91 Å². The van der Waals surface area contributed by atoms with Crippen LogP contribution in [-0.4, -0.2) is 33.7 Å². The molecule has 0 atom stereocenters. The summed E-state index contributed by atoms with van der Waals surface area (Å²) in [5.74, 6) is 1.03. The Kier molecular flexibility index (Phi) is 4.05. The van der Waals surface area contributed by atoms with Crippen molar-refractivity contribution in [2.75, 3.05) is 13.2 Å². The van der Waals surface area contributed by atoms with Crippen LogP contribution in [0.1, 0.15) is 17.4 Å². The number of amides is 1. The van der Waals surface area contributed by atoms with Crippen LogP contribution in [0, 0.1) is 0 Å². The van der Waals surface area contributed by atoms with Crippen LogP contribution >= 0.6 is 11.3 Å². The van der Waals surface area contributed by atoms with Crippen molar-refractivity contribution in [2.45, 2.75) is 13.5 Å². The summed E-state index contributed by atoms with van der Waals surface area (Å²) in [4.78, 5) is 26.4. The highest BCUT2D eigenvalue weighted by atomic mass is 32.1. The molecule has 0 bridgehead atoms. The fraction of sp³-hybridized carbons (Fsp3) is 0.200. The predicted octanol–water partition coefficient (Wildman–Crippen LogP) is 3.18. The first-order valence-electron chi connectivity index (χ1n) is 8.97. The van der Waals surface area contributed by atoms with Crippen LogP contribution in [0.2, 0.25) is 0 Å². The van der Waals surface area contributed by atoms with Crippen LogP contribution < -0.4 is 14.3 Å². The van der Waals surface area contributed by atoms with Crippen LogP contribution in [0.5, 0.6) is 11.5 Å². The number of carbonyl (C=O) groups is 1. The molecule has 5 rings (SSSR count). The van der Waals surface area contributed by atoms with Gasteiger partial charge in [-0.3, -0.25) is 9.78 Å². The van der Waals surface area contributed by atoms with Gasteiger partial charge in [0.2, 0.25) is 0 Å². The molecule has 140 valence electrons. The molecule has 2 aromatic heterocycles. The van der Waals surface area contributed by atoms with Gasteiger partial charge >= 0.3 is 0 Å². The van der Waals surface area contributed by atoms with E-state index in [0.717, 1.165) is 27.2 Å². The van der Waals surface area contributed by atoms with Gasteiger partial charge in [0, 0.05) is 18.7 Å². The molecule has 0 radical (unpaired) electrons. The summed E-state index contributed by atoms with van der Waals surface area (Å²) in [6.45, 7) is 3.76. The van der Waals surface area contributed by atoms with Crippen LogP contribution in [0.3, 0.4) is 0 Å². The SMILES string of the molecule is CCn1c(=NC(=O)c2cnc3ccccc3n2)sc2cc3c(cc21)OCCO3. The van der Waals surface area contributed by atoms with Crippen LogP contribution in [0.15, 0.2) is 47.6 Å². The molecule has 1 amide bonds. The summed E-state index contributed by atoms with van der Waals surface area (Å²) in [6, 6.07) is 11.3. The second-order valence-corrected chi connectivity index (χ2v) is 7.26. The van der Waals surface area contributed by atoms with E-state index in [-0.39, 0.29) is 5.69 Å². The summed E-state index contributed by atoms with van der Waals surface area (Å²) >= 11 is 1.44. The van der Waals surface area contributed by atoms with E-state index in [2.05, 4.69) is 15.0 Å². The summed E-state index contributed by atoms with van der Waals surface area (Å²) in [5.41, 5.74) is 2.61. The van der Waals surface area contributed by atoms with Gasteiger partial charge in [-0.2, -0.15) is 4.99 Å². The molecular formula is C20H16N4O3S. The Hall–Kier alpha value is -3.26. The number of aryl methyl sites for hydroxylation is 1. The summed E-state index contributed by atoms with van der Waals surface area (Å²) < 4.78 is 14.3. The molecule has 0 aliphatic carbocycles. The number of fused-ring (bicyclic) bond motifs is 3. The lowest BCUT2D eigenvalue weighted by Gasteiger charge is -2.18. The molecule has 0 N–H and O–H groups in total. The third kappa shape index (κ3) is 2.82. The normalized spacial score (nSPS) is 14.0. The van der Waals surface area contributed by atoms with Crippen LogP contribution in [0.25, 0.3) is 21.3 Å². The lowest BCUT2D eigenvalue weighted by Crippen LogP contribution is -2.17. The molecule has 1 aliphatic rings. The average molecular weight is 392 g/mol. The first kappa shape index (κ1) is 16.9. The zero-order chi connectivity index (χ0) is 19.1. The van der Waals surface area contributed by atoms with Gasteiger partial charge in [0.15, 0.2) is 16.3 Å². The van der Waals surface area contributed by atoms with Gasteiger partial charge in [0.05, 0.1) is 27.4 Å². The van der Waals surface area contributed by atoms with Gasteiger partial charge in [-0.05, 0) is 19.1 Å². The zero-order valence-electron chi connectivity index (χ0n) is 15.1. The van der Waals surface area contributed by atoms with Crippen LogP contribution in [-0.2, 0) is 6.54 Å². The number of thiazole rings is 1. The predicted molar refractivity (Wildman–Crippen MR) is 106 cm³/mol. The van der Waals surface area contributed by atoms with Crippen molar-refractivity contribution in [3.05, 3.63) is 53.1 Å². The van der Waals surface area contributed by atoms with Gasteiger partial charge in [-0.25, -0.2) is 4.98 Å². The highest BCUT2D eigenvalue weighted by molar-refractivity contribution is 7.16. The van der Waals surface area contributed by atoms with E-state index in [4.69, 9.17) is 9.47 Å². The Labute approximate surface area is 163 Å². The van der Waals surface area contributed by atoms with E-state index in [9.17, 15) is 4.79 Å². The number of carbonyl (C=O) groups excluding carboxylic acids is 1. The molecule has 0 spiro atoms. The number of aromatic nitrogens is 3. The van der Waals surface area contributed by atoms with Crippen molar-refractivity contribution >= 4 is 38.5 Å². The Bertz CT molecular complexity index is 1290.